The maximum absolute atomic E-state index is 12.6. The van der Waals surface area contributed by atoms with Gasteiger partial charge < -0.3 is 14.8 Å². The normalized spacial score (nSPS) is 10.8. The molecule has 2 aromatic carbocycles. The van der Waals surface area contributed by atoms with Crippen molar-refractivity contribution in [1.82, 2.24) is 4.98 Å². The number of carbonyl (C=O) groups excluding carboxylic acids is 1. The third-order valence-corrected chi connectivity index (χ3v) is 3.93. The molecule has 3 aromatic rings. The number of nitrogens with zero attached hydrogens (tertiary/aromatic N) is 1. The summed E-state index contributed by atoms with van der Waals surface area (Å²) in [6.07, 6.45) is 2.74. The van der Waals surface area contributed by atoms with E-state index < -0.39 is 0 Å². The average Bonchev–Trinajstić information content (AvgIpc) is 2.67. The largest absolute Gasteiger partial charge is 0.491 e. The van der Waals surface area contributed by atoms with Crippen molar-refractivity contribution in [2.24, 2.45) is 0 Å². The molecule has 0 saturated carbocycles. The molecule has 140 valence electrons. The third kappa shape index (κ3) is 4.56. The summed E-state index contributed by atoms with van der Waals surface area (Å²) >= 11 is 0. The standard InChI is InChI=1S/C22H24N2O3/c1-4-14-26-20-12-11-19(18-6-5-13-23-21(18)20)24-22(25)16-7-9-17(10-8-16)27-15(2)3/h5-13,15H,4,14H2,1-3H3,(H,24,25). The summed E-state index contributed by atoms with van der Waals surface area (Å²) in [6.45, 7) is 6.62. The van der Waals surface area contributed by atoms with Crippen molar-refractivity contribution >= 4 is 22.5 Å². The average molecular weight is 364 g/mol. The van der Waals surface area contributed by atoms with Crippen molar-refractivity contribution in [3.8, 4) is 11.5 Å². The van der Waals surface area contributed by atoms with E-state index in [-0.39, 0.29) is 12.0 Å². The van der Waals surface area contributed by atoms with Gasteiger partial charge in [0.05, 0.1) is 18.4 Å². The first-order valence-corrected chi connectivity index (χ1v) is 9.17. The Bertz CT molecular complexity index is 920. The smallest absolute Gasteiger partial charge is 0.255 e. The first-order valence-electron chi connectivity index (χ1n) is 9.17. The van der Waals surface area contributed by atoms with Crippen LogP contribution in [-0.2, 0) is 0 Å². The number of ether oxygens (including phenoxy) is 2. The Kier molecular flexibility index (Phi) is 5.91. The highest BCUT2D eigenvalue weighted by Crippen LogP contribution is 2.30. The fraction of sp³-hybridized carbons (Fsp3) is 0.273. The Morgan fingerprint density at radius 2 is 1.89 bits per heavy atom. The molecule has 1 aromatic heterocycles. The van der Waals surface area contributed by atoms with Gasteiger partial charge in [0.1, 0.15) is 17.0 Å². The van der Waals surface area contributed by atoms with Crippen LogP contribution < -0.4 is 14.8 Å². The Balaban J connectivity index is 1.82. The lowest BCUT2D eigenvalue weighted by atomic mass is 10.1. The lowest BCUT2D eigenvalue weighted by Crippen LogP contribution is -2.12. The number of aromatic nitrogens is 1. The highest BCUT2D eigenvalue weighted by Gasteiger charge is 2.12. The summed E-state index contributed by atoms with van der Waals surface area (Å²) in [5.41, 5.74) is 2.01. The number of benzene rings is 2. The van der Waals surface area contributed by atoms with Gasteiger partial charge in [0.2, 0.25) is 0 Å². The molecule has 0 aliphatic rings. The van der Waals surface area contributed by atoms with Crippen molar-refractivity contribution < 1.29 is 14.3 Å². The Labute approximate surface area is 159 Å². The van der Waals surface area contributed by atoms with Crippen molar-refractivity contribution in [3.05, 3.63) is 60.3 Å². The Hall–Kier alpha value is -3.08. The number of hydrogen-bond acceptors (Lipinski definition) is 4. The molecule has 0 radical (unpaired) electrons. The van der Waals surface area contributed by atoms with E-state index in [1.165, 1.54) is 0 Å². The van der Waals surface area contributed by atoms with Crippen LogP contribution in [0.1, 0.15) is 37.6 Å². The van der Waals surface area contributed by atoms with E-state index in [0.717, 1.165) is 28.8 Å². The van der Waals surface area contributed by atoms with Crippen LogP contribution in [0.4, 0.5) is 5.69 Å². The van der Waals surface area contributed by atoms with Gasteiger partial charge in [-0.3, -0.25) is 9.78 Å². The van der Waals surface area contributed by atoms with E-state index in [4.69, 9.17) is 9.47 Å². The summed E-state index contributed by atoms with van der Waals surface area (Å²) in [7, 11) is 0. The molecule has 0 aliphatic carbocycles. The molecule has 5 heteroatoms. The summed E-state index contributed by atoms with van der Waals surface area (Å²) in [5.74, 6) is 1.28. The molecule has 0 unspecified atom stereocenters. The molecule has 0 saturated heterocycles. The fourth-order valence-corrected chi connectivity index (χ4v) is 2.74. The van der Waals surface area contributed by atoms with E-state index in [0.29, 0.717) is 17.9 Å². The number of nitrogens with one attached hydrogen (secondary N) is 1. The van der Waals surface area contributed by atoms with E-state index in [1.54, 1.807) is 30.5 Å². The van der Waals surface area contributed by atoms with Gasteiger partial charge in [-0.25, -0.2) is 0 Å². The number of carbonyl (C=O) groups is 1. The zero-order chi connectivity index (χ0) is 19.2. The molecule has 0 spiro atoms. The van der Waals surface area contributed by atoms with Crippen LogP contribution in [0, 0.1) is 0 Å². The van der Waals surface area contributed by atoms with Gasteiger partial charge >= 0.3 is 0 Å². The molecule has 3 rings (SSSR count). The molecule has 1 amide bonds. The van der Waals surface area contributed by atoms with Gasteiger partial charge in [-0.2, -0.15) is 0 Å². The number of anilines is 1. The minimum atomic E-state index is -0.182. The van der Waals surface area contributed by atoms with Gasteiger partial charge in [-0.05, 0) is 68.8 Å². The zero-order valence-corrected chi connectivity index (χ0v) is 15.9. The minimum absolute atomic E-state index is 0.0944. The van der Waals surface area contributed by atoms with E-state index in [2.05, 4.69) is 17.2 Å². The first-order chi connectivity index (χ1) is 13.1. The van der Waals surface area contributed by atoms with Crippen LogP contribution in [0.5, 0.6) is 11.5 Å². The van der Waals surface area contributed by atoms with Crippen LogP contribution in [0.2, 0.25) is 0 Å². The quantitative estimate of drug-likeness (QED) is 0.636. The highest BCUT2D eigenvalue weighted by molar-refractivity contribution is 6.09. The number of pyridine rings is 1. The molecular formula is C22H24N2O3. The maximum atomic E-state index is 12.6. The van der Waals surface area contributed by atoms with E-state index in [1.807, 2.05) is 38.1 Å². The second-order valence-electron chi connectivity index (χ2n) is 6.50. The number of rotatable bonds is 7. The molecule has 1 heterocycles. The molecule has 0 fully saturated rings. The lowest BCUT2D eigenvalue weighted by molar-refractivity contribution is 0.102. The van der Waals surface area contributed by atoms with Crippen LogP contribution in [0.25, 0.3) is 10.9 Å². The monoisotopic (exact) mass is 364 g/mol. The van der Waals surface area contributed by atoms with Gasteiger partial charge in [-0.15, -0.1) is 0 Å². The molecule has 0 atom stereocenters. The second kappa shape index (κ2) is 8.54. The maximum Gasteiger partial charge on any atom is 0.255 e. The summed E-state index contributed by atoms with van der Waals surface area (Å²) in [6, 6.07) is 14.6. The fourth-order valence-electron chi connectivity index (χ4n) is 2.74. The van der Waals surface area contributed by atoms with Crippen molar-refractivity contribution in [1.29, 1.82) is 0 Å². The zero-order valence-electron chi connectivity index (χ0n) is 15.9. The van der Waals surface area contributed by atoms with Crippen molar-refractivity contribution in [3.63, 3.8) is 0 Å². The number of fused-ring (bicyclic) bond motifs is 1. The van der Waals surface area contributed by atoms with E-state index >= 15 is 0 Å². The van der Waals surface area contributed by atoms with Gasteiger partial charge in [0.25, 0.3) is 5.91 Å². The molecule has 5 nitrogen and oxygen atoms in total. The number of amides is 1. The Morgan fingerprint density at radius 1 is 1.11 bits per heavy atom. The highest BCUT2D eigenvalue weighted by atomic mass is 16.5. The van der Waals surface area contributed by atoms with Crippen LogP contribution >= 0.6 is 0 Å². The first kappa shape index (κ1) is 18.7. The number of hydrogen-bond donors (Lipinski definition) is 1. The summed E-state index contributed by atoms with van der Waals surface area (Å²) in [5, 5.41) is 3.82. The minimum Gasteiger partial charge on any atom is -0.491 e. The van der Waals surface area contributed by atoms with Gasteiger partial charge in [0, 0.05) is 17.1 Å². The van der Waals surface area contributed by atoms with Crippen molar-refractivity contribution in [2.75, 3.05) is 11.9 Å². The lowest BCUT2D eigenvalue weighted by Gasteiger charge is -2.13. The molecule has 0 bridgehead atoms. The molecule has 0 aliphatic heterocycles. The van der Waals surface area contributed by atoms with Crippen LogP contribution in [0.3, 0.4) is 0 Å². The Morgan fingerprint density at radius 3 is 2.59 bits per heavy atom. The summed E-state index contributed by atoms with van der Waals surface area (Å²) in [4.78, 5) is 17.1. The van der Waals surface area contributed by atoms with E-state index in [9.17, 15) is 4.79 Å². The van der Waals surface area contributed by atoms with Crippen LogP contribution in [-0.4, -0.2) is 23.6 Å². The molecular weight excluding hydrogens is 340 g/mol. The molecule has 1 N–H and O–H groups in total. The predicted molar refractivity (Wildman–Crippen MR) is 108 cm³/mol. The predicted octanol–water partition coefficient (Wildman–Crippen LogP) is 5.06. The second-order valence-corrected chi connectivity index (χ2v) is 6.50. The van der Waals surface area contributed by atoms with Gasteiger partial charge in [-0.1, -0.05) is 6.92 Å². The molecule has 27 heavy (non-hydrogen) atoms. The van der Waals surface area contributed by atoms with Crippen molar-refractivity contribution in [2.45, 2.75) is 33.3 Å². The van der Waals surface area contributed by atoms with Crippen LogP contribution in [0.15, 0.2) is 54.7 Å². The SMILES string of the molecule is CCCOc1ccc(NC(=O)c2ccc(OC(C)C)cc2)c2cccnc12. The topological polar surface area (TPSA) is 60.5 Å². The summed E-state index contributed by atoms with van der Waals surface area (Å²) < 4.78 is 11.4. The third-order valence-electron chi connectivity index (χ3n) is 3.93. The van der Waals surface area contributed by atoms with Gasteiger partial charge in [0.15, 0.2) is 0 Å².